The van der Waals surface area contributed by atoms with Crippen LogP contribution in [0.3, 0.4) is 0 Å². The van der Waals surface area contributed by atoms with E-state index in [1.165, 1.54) is 12.1 Å². The van der Waals surface area contributed by atoms with Crippen LogP contribution in [0.5, 0.6) is 0 Å². The highest BCUT2D eigenvalue weighted by molar-refractivity contribution is 5.19. The van der Waals surface area contributed by atoms with E-state index in [1.54, 1.807) is 6.07 Å². The maximum absolute atomic E-state index is 13.1. The summed E-state index contributed by atoms with van der Waals surface area (Å²) < 4.78 is 29.0. The fraction of sp³-hybridized carbons (Fsp3) is 0.429. The van der Waals surface area contributed by atoms with E-state index in [0.717, 1.165) is 5.56 Å². The van der Waals surface area contributed by atoms with Gasteiger partial charge in [0.15, 0.2) is 5.82 Å². The van der Waals surface area contributed by atoms with Crippen LogP contribution in [0.4, 0.5) is 4.39 Å². The minimum atomic E-state index is -0.654. The van der Waals surface area contributed by atoms with Crippen molar-refractivity contribution in [3.8, 4) is 0 Å². The lowest BCUT2D eigenvalue weighted by molar-refractivity contribution is -0.155. The topological polar surface area (TPSA) is 57.4 Å². The highest BCUT2D eigenvalue weighted by atomic mass is 19.1. The first-order valence-corrected chi connectivity index (χ1v) is 6.53. The van der Waals surface area contributed by atoms with E-state index in [9.17, 15) is 4.39 Å². The Bertz CT molecular complexity index is 539. The molecule has 0 unspecified atom stereocenters. The van der Waals surface area contributed by atoms with Gasteiger partial charge in [-0.15, -0.1) is 0 Å². The van der Waals surface area contributed by atoms with Gasteiger partial charge in [0.1, 0.15) is 5.82 Å². The van der Waals surface area contributed by atoms with Crippen LogP contribution >= 0.6 is 0 Å². The Kier molecular flexibility index (Phi) is 5.20. The molecule has 1 aromatic heterocycles. The summed E-state index contributed by atoms with van der Waals surface area (Å²) in [6.45, 7) is 4.67. The maximum Gasteiger partial charge on any atom is 0.283 e. The molecule has 0 bridgehead atoms. The molecule has 1 aromatic carbocycles. The zero-order valence-electron chi connectivity index (χ0n) is 11.5. The highest BCUT2D eigenvalue weighted by Crippen LogP contribution is 2.18. The van der Waals surface area contributed by atoms with E-state index < -0.39 is 6.29 Å². The number of hydrogen-bond donors (Lipinski definition) is 0. The van der Waals surface area contributed by atoms with Crippen LogP contribution in [-0.2, 0) is 15.9 Å². The van der Waals surface area contributed by atoms with Crippen LogP contribution in [0.2, 0.25) is 0 Å². The summed E-state index contributed by atoms with van der Waals surface area (Å²) in [6.07, 6.45) is -0.259. The van der Waals surface area contributed by atoms with E-state index >= 15 is 0 Å². The second-order valence-electron chi connectivity index (χ2n) is 4.10. The van der Waals surface area contributed by atoms with Crippen molar-refractivity contribution in [2.24, 2.45) is 0 Å². The van der Waals surface area contributed by atoms with E-state index in [-0.39, 0.29) is 11.7 Å². The Labute approximate surface area is 116 Å². The van der Waals surface area contributed by atoms with E-state index in [4.69, 9.17) is 14.0 Å². The first kappa shape index (κ1) is 14.6. The Hall–Kier alpha value is -1.79. The third kappa shape index (κ3) is 3.85. The summed E-state index contributed by atoms with van der Waals surface area (Å²) in [6, 6.07) is 6.29. The largest absolute Gasteiger partial charge is 0.345 e. The van der Waals surface area contributed by atoms with Crippen molar-refractivity contribution in [3.05, 3.63) is 47.4 Å². The van der Waals surface area contributed by atoms with Gasteiger partial charge in [0.05, 0.1) is 0 Å². The van der Waals surface area contributed by atoms with Crippen molar-refractivity contribution in [3.63, 3.8) is 0 Å². The van der Waals surface area contributed by atoms with Crippen molar-refractivity contribution in [1.29, 1.82) is 0 Å². The minimum Gasteiger partial charge on any atom is -0.345 e. The average molecular weight is 280 g/mol. The molecule has 0 amide bonds. The van der Waals surface area contributed by atoms with Gasteiger partial charge in [0.25, 0.3) is 5.89 Å². The van der Waals surface area contributed by atoms with Crippen molar-refractivity contribution in [2.75, 3.05) is 13.2 Å². The van der Waals surface area contributed by atoms with E-state index in [1.807, 2.05) is 19.9 Å². The Morgan fingerprint density at radius 3 is 2.65 bits per heavy atom. The number of aromatic nitrogens is 2. The SMILES string of the molecule is CCOC(OCC)c1nc(Cc2cccc(F)c2)no1. The molecule has 0 N–H and O–H groups in total. The van der Waals surface area contributed by atoms with Crippen molar-refractivity contribution >= 4 is 0 Å². The number of nitrogens with zero attached hydrogens (tertiary/aromatic N) is 2. The second-order valence-corrected chi connectivity index (χ2v) is 4.10. The van der Waals surface area contributed by atoms with Crippen LogP contribution in [0, 0.1) is 5.82 Å². The number of halogens is 1. The standard InChI is InChI=1S/C14H17FN2O3/c1-3-18-14(19-4-2)13-16-12(17-20-13)9-10-6-5-7-11(15)8-10/h5-8,14H,3-4,9H2,1-2H3. The van der Waals surface area contributed by atoms with Gasteiger partial charge in [-0.2, -0.15) is 4.98 Å². The summed E-state index contributed by atoms with van der Waals surface area (Å²) >= 11 is 0. The fourth-order valence-electron chi connectivity index (χ4n) is 1.76. The summed E-state index contributed by atoms with van der Waals surface area (Å²) in [5.74, 6) is 0.461. The molecular weight excluding hydrogens is 263 g/mol. The zero-order chi connectivity index (χ0) is 14.4. The molecular formula is C14H17FN2O3. The number of rotatable bonds is 7. The van der Waals surface area contributed by atoms with Gasteiger partial charge in [0.2, 0.25) is 6.29 Å². The predicted molar refractivity (Wildman–Crippen MR) is 69.5 cm³/mol. The number of benzene rings is 1. The third-order valence-corrected chi connectivity index (χ3v) is 2.57. The number of hydrogen-bond acceptors (Lipinski definition) is 5. The maximum atomic E-state index is 13.1. The predicted octanol–water partition coefficient (Wildman–Crippen LogP) is 2.87. The van der Waals surface area contributed by atoms with Crippen molar-refractivity contribution in [2.45, 2.75) is 26.6 Å². The summed E-state index contributed by atoms with van der Waals surface area (Å²) in [7, 11) is 0. The Morgan fingerprint density at radius 1 is 1.25 bits per heavy atom. The minimum absolute atomic E-state index is 0.278. The zero-order valence-corrected chi connectivity index (χ0v) is 11.5. The molecule has 108 valence electrons. The molecule has 0 saturated carbocycles. The lowest BCUT2D eigenvalue weighted by Crippen LogP contribution is -2.09. The van der Waals surface area contributed by atoms with Crippen LogP contribution in [0.25, 0.3) is 0 Å². The molecule has 0 spiro atoms. The smallest absolute Gasteiger partial charge is 0.283 e. The van der Waals surface area contributed by atoms with Gasteiger partial charge in [-0.1, -0.05) is 17.3 Å². The van der Waals surface area contributed by atoms with E-state index in [2.05, 4.69) is 10.1 Å². The van der Waals surface area contributed by atoms with Crippen LogP contribution in [-0.4, -0.2) is 23.4 Å². The van der Waals surface area contributed by atoms with E-state index in [0.29, 0.717) is 25.5 Å². The molecule has 0 aliphatic rings. The van der Waals surface area contributed by atoms with Crippen LogP contribution < -0.4 is 0 Å². The van der Waals surface area contributed by atoms with Crippen molar-refractivity contribution < 1.29 is 18.4 Å². The van der Waals surface area contributed by atoms with Crippen LogP contribution in [0.15, 0.2) is 28.8 Å². The number of ether oxygens (including phenoxy) is 2. The highest BCUT2D eigenvalue weighted by Gasteiger charge is 2.19. The van der Waals surface area contributed by atoms with Crippen LogP contribution in [0.1, 0.15) is 37.4 Å². The molecule has 2 aromatic rings. The summed E-state index contributed by atoms with van der Waals surface area (Å²) in [5, 5.41) is 3.86. The Morgan fingerprint density at radius 2 is 2.00 bits per heavy atom. The Balaban J connectivity index is 2.07. The lowest BCUT2D eigenvalue weighted by atomic mass is 10.1. The molecule has 5 nitrogen and oxygen atoms in total. The van der Waals surface area contributed by atoms with Crippen molar-refractivity contribution in [1.82, 2.24) is 10.1 Å². The molecule has 20 heavy (non-hydrogen) atoms. The molecule has 6 heteroatoms. The van der Waals surface area contributed by atoms with Gasteiger partial charge >= 0.3 is 0 Å². The summed E-state index contributed by atoms with van der Waals surface area (Å²) in [4.78, 5) is 4.22. The normalized spacial score (nSPS) is 11.2. The average Bonchev–Trinajstić information content (AvgIpc) is 2.87. The molecule has 0 atom stereocenters. The van der Waals surface area contributed by atoms with Gasteiger partial charge in [0, 0.05) is 19.6 Å². The molecule has 2 rings (SSSR count). The van der Waals surface area contributed by atoms with Gasteiger partial charge in [-0.05, 0) is 31.5 Å². The molecule has 0 saturated heterocycles. The molecule has 0 aliphatic heterocycles. The first-order valence-electron chi connectivity index (χ1n) is 6.53. The van der Waals surface area contributed by atoms with Gasteiger partial charge in [-0.25, -0.2) is 4.39 Å². The summed E-state index contributed by atoms with van der Waals surface area (Å²) in [5.41, 5.74) is 0.779. The molecule has 0 fully saturated rings. The van der Waals surface area contributed by atoms with Gasteiger partial charge < -0.3 is 14.0 Å². The monoisotopic (exact) mass is 280 g/mol. The molecule has 0 aliphatic carbocycles. The lowest BCUT2D eigenvalue weighted by Gasteiger charge is -2.11. The quantitative estimate of drug-likeness (QED) is 0.730. The molecule has 1 heterocycles. The molecule has 0 radical (unpaired) electrons. The van der Waals surface area contributed by atoms with Gasteiger partial charge in [-0.3, -0.25) is 0 Å². The fourth-order valence-corrected chi connectivity index (χ4v) is 1.76. The second kappa shape index (κ2) is 7.12. The third-order valence-electron chi connectivity index (χ3n) is 2.57. The first-order chi connectivity index (χ1) is 9.72.